The predicted molar refractivity (Wildman–Crippen MR) is 162 cm³/mol. The second-order valence-electron chi connectivity index (χ2n) is 9.81. The summed E-state index contributed by atoms with van der Waals surface area (Å²) in [5.74, 6) is 0.514. The van der Waals surface area contributed by atoms with Crippen molar-refractivity contribution >= 4 is 40.8 Å². The van der Waals surface area contributed by atoms with Gasteiger partial charge in [-0.2, -0.15) is 4.98 Å². The number of hydrogen-bond donors (Lipinski definition) is 3. The van der Waals surface area contributed by atoms with E-state index < -0.39 is 17.6 Å². The van der Waals surface area contributed by atoms with Crippen molar-refractivity contribution in [3.63, 3.8) is 0 Å². The highest BCUT2D eigenvalue weighted by Gasteiger charge is 2.26. The van der Waals surface area contributed by atoms with Crippen molar-refractivity contribution < 1.29 is 26.4 Å². The molecule has 0 radical (unpaired) electrons. The molecule has 0 bridgehead atoms. The SMILES string of the molecule is CCOP(=O)(CCCN1CCC(NS(=O)(=O)c2ccc(Nc3nccc(Nc4ccc(F)cc4)n3)cc2)CC1)OCC. The Labute approximate surface area is 246 Å². The Morgan fingerprint density at radius 2 is 1.57 bits per heavy atom. The summed E-state index contributed by atoms with van der Waals surface area (Å²) < 4.78 is 65.4. The number of nitrogens with zero attached hydrogens (tertiary/aromatic N) is 3. The fourth-order valence-corrected chi connectivity index (χ4v) is 7.58. The van der Waals surface area contributed by atoms with Crippen LogP contribution in [0.1, 0.15) is 33.1 Å². The van der Waals surface area contributed by atoms with Crippen LogP contribution in [0.5, 0.6) is 0 Å². The Morgan fingerprint density at radius 3 is 2.21 bits per heavy atom. The van der Waals surface area contributed by atoms with E-state index in [1.165, 1.54) is 24.3 Å². The normalized spacial score (nSPS) is 15.0. The zero-order valence-corrected chi connectivity index (χ0v) is 25.5. The maximum atomic E-state index is 13.1. The van der Waals surface area contributed by atoms with E-state index in [1.54, 1.807) is 50.4 Å². The number of likely N-dealkylation sites (tertiary alicyclic amines) is 1. The molecule has 228 valence electrons. The molecule has 1 fully saturated rings. The summed E-state index contributed by atoms with van der Waals surface area (Å²) in [6, 6.07) is 13.8. The van der Waals surface area contributed by atoms with Crippen LogP contribution in [0.3, 0.4) is 0 Å². The molecule has 42 heavy (non-hydrogen) atoms. The Balaban J connectivity index is 1.25. The average molecular weight is 621 g/mol. The van der Waals surface area contributed by atoms with Gasteiger partial charge >= 0.3 is 7.60 Å². The molecule has 2 heterocycles. The molecule has 0 spiro atoms. The van der Waals surface area contributed by atoms with Crippen molar-refractivity contribution in [1.29, 1.82) is 0 Å². The summed E-state index contributed by atoms with van der Waals surface area (Å²) >= 11 is 0. The lowest BCUT2D eigenvalue weighted by molar-refractivity contribution is 0.199. The molecule has 11 nitrogen and oxygen atoms in total. The van der Waals surface area contributed by atoms with Crippen LogP contribution in [0.4, 0.5) is 27.5 Å². The van der Waals surface area contributed by atoms with Gasteiger partial charge in [0.25, 0.3) is 0 Å². The number of aromatic nitrogens is 2. The van der Waals surface area contributed by atoms with E-state index in [4.69, 9.17) is 9.05 Å². The van der Waals surface area contributed by atoms with Gasteiger partial charge in [0.15, 0.2) is 0 Å². The van der Waals surface area contributed by atoms with E-state index in [1.807, 2.05) is 0 Å². The second-order valence-corrected chi connectivity index (χ2v) is 13.7. The van der Waals surface area contributed by atoms with Gasteiger partial charge in [0.2, 0.25) is 16.0 Å². The van der Waals surface area contributed by atoms with Gasteiger partial charge in [0.1, 0.15) is 11.6 Å². The Kier molecular flexibility index (Phi) is 11.4. The monoisotopic (exact) mass is 620 g/mol. The lowest BCUT2D eigenvalue weighted by Gasteiger charge is -2.32. The molecule has 1 aliphatic heterocycles. The van der Waals surface area contributed by atoms with Crippen LogP contribution in [0, 0.1) is 5.82 Å². The van der Waals surface area contributed by atoms with E-state index in [-0.39, 0.29) is 16.8 Å². The highest BCUT2D eigenvalue weighted by atomic mass is 32.2. The minimum atomic E-state index is -3.69. The number of hydrogen-bond acceptors (Lipinski definition) is 10. The summed E-state index contributed by atoms with van der Waals surface area (Å²) in [6.45, 7) is 6.55. The third-order valence-electron chi connectivity index (χ3n) is 6.66. The zero-order valence-electron chi connectivity index (χ0n) is 23.8. The van der Waals surface area contributed by atoms with Crippen molar-refractivity contribution in [1.82, 2.24) is 19.6 Å². The van der Waals surface area contributed by atoms with Crippen LogP contribution in [-0.4, -0.2) is 68.3 Å². The molecule has 3 N–H and O–H groups in total. The molecule has 0 saturated carbocycles. The van der Waals surface area contributed by atoms with Crippen molar-refractivity contribution in [2.24, 2.45) is 0 Å². The van der Waals surface area contributed by atoms with Crippen LogP contribution >= 0.6 is 7.60 Å². The van der Waals surface area contributed by atoms with Crippen molar-refractivity contribution in [2.75, 3.05) is 49.6 Å². The number of nitrogens with one attached hydrogen (secondary N) is 3. The fraction of sp³-hybridized carbons (Fsp3) is 0.429. The molecule has 1 aromatic heterocycles. The van der Waals surface area contributed by atoms with Gasteiger partial charge < -0.3 is 24.6 Å². The first-order valence-electron chi connectivity index (χ1n) is 14.0. The maximum absolute atomic E-state index is 13.1. The fourth-order valence-electron chi connectivity index (χ4n) is 4.63. The van der Waals surface area contributed by atoms with Gasteiger partial charge in [-0.1, -0.05) is 0 Å². The van der Waals surface area contributed by atoms with E-state index in [9.17, 15) is 17.4 Å². The number of rotatable bonds is 15. The minimum Gasteiger partial charge on any atom is -0.340 e. The molecule has 1 saturated heterocycles. The first kappa shape index (κ1) is 32.0. The predicted octanol–water partition coefficient (Wildman–Crippen LogP) is 5.50. The van der Waals surface area contributed by atoms with E-state index in [2.05, 4.69) is 30.2 Å². The summed E-state index contributed by atoms with van der Waals surface area (Å²) in [5.41, 5.74) is 1.31. The molecule has 0 unspecified atom stereocenters. The van der Waals surface area contributed by atoms with Crippen LogP contribution in [-0.2, 0) is 23.6 Å². The van der Waals surface area contributed by atoms with Gasteiger partial charge in [-0.3, -0.25) is 4.57 Å². The largest absolute Gasteiger partial charge is 0.340 e. The van der Waals surface area contributed by atoms with Gasteiger partial charge in [-0.05, 0) is 107 Å². The van der Waals surface area contributed by atoms with Crippen LogP contribution in [0.25, 0.3) is 0 Å². The van der Waals surface area contributed by atoms with Gasteiger partial charge in [-0.25, -0.2) is 22.5 Å². The van der Waals surface area contributed by atoms with Gasteiger partial charge in [0, 0.05) is 23.6 Å². The third-order valence-corrected chi connectivity index (χ3v) is 10.4. The molecular weight excluding hydrogens is 582 g/mol. The average Bonchev–Trinajstić information content (AvgIpc) is 2.96. The summed E-state index contributed by atoms with van der Waals surface area (Å²) in [7, 11) is -6.74. The number of benzene rings is 2. The maximum Gasteiger partial charge on any atom is 0.330 e. The van der Waals surface area contributed by atoms with E-state index in [0.29, 0.717) is 61.8 Å². The van der Waals surface area contributed by atoms with Gasteiger partial charge in [0.05, 0.1) is 24.3 Å². The topological polar surface area (TPSA) is 135 Å². The lowest BCUT2D eigenvalue weighted by Crippen LogP contribution is -2.44. The molecule has 0 atom stereocenters. The third kappa shape index (κ3) is 9.55. The first-order chi connectivity index (χ1) is 20.2. The molecule has 14 heteroatoms. The number of halogens is 1. The van der Waals surface area contributed by atoms with Crippen molar-refractivity contribution in [3.05, 3.63) is 66.6 Å². The Hall–Kier alpha value is -2.93. The van der Waals surface area contributed by atoms with Crippen LogP contribution in [0.15, 0.2) is 65.7 Å². The summed E-state index contributed by atoms with van der Waals surface area (Å²) in [6.07, 6.45) is 4.01. The Morgan fingerprint density at radius 1 is 0.952 bits per heavy atom. The van der Waals surface area contributed by atoms with Crippen LogP contribution < -0.4 is 15.4 Å². The molecule has 4 rings (SSSR count). The zero-order chi connectivity index (χ0) is 30.0. The quantitative estimate of drug-likeness (QED) is 0.187. The number of anilines is 4. The minimum absolute atomic E-state index is 0.160. The van der Waals surface area contributed by atoms with Gasteiger partial charge in [-0.15, -0.1) is 0 Å². The molecule has 0 aliphatic carbocycles. The molecule has 0 amide bonds. The second kappa shape index (κ2) is 15.0. The Bertz CT molecular complexity index is 1430. The van der Waals surface area contributed by atoms with E-state index in [0.717, 1.165) is 19.6 Å². The molecular formula is C28H38FN6O5PS. The molecule has 3 aromatic rings. The standard InChI is InChI=1S/C28H38FN6O5PS/c1-3-39-41(36,40-4-2)21-5-18-35-19-15-25(16-20-35)34-42(37,38)26-12-10-24(11-13-26)32-28-30-17-14-27(33-28)31-23-8-6-22(29)7-9-23/h6-14,17,25,34H,3-5,15-16,18-21H2,1-2H3,(H2,30,31,32,33). The highest BCUT2D eigenvalue weighted by molar-refractivity contribution is 7.89. The highest BCUT2D eigenvalue weighted by Crippen LogP contribution is 2.48. The smallest absolute Gasteiger partial charge is 0.330 e. The van der Waals surface area contributed by atoms with Crippen LogP contribution in [0.2, 0.25) is 0 Å². The summed E-state index contributed by atoms with van der Waals surface area (Å²) in [4.78, 5) is 11.0. The molecule has 2 aromatic carbocycles. The van der Waals surface area contributed by atoms with Crippen molar-refractivity contribution in [3.8, 4) is 0 Å². The molecule has 1 aliphatic rings. The van der Waals surface area contributed by atoms with E-state index >= 15 is 0 Å². The van der Waals surface area contributed by atoms with Crippen molar-refractivity contribution in [2.45, 2.75) is 44.0 Å². The first-order valence-corrected chi connectivity index (χ1v) is 17.2. The number of piperidine rings is 1. The lowest BCUT2D eigenvalue weighted by atomic mass is 10.1. The summed E-state index contributed by atoms with van der Waals surface area (Å²) in [5, 5.41) is 6.15. The number of sulfonamides is 1.